The molecule has 15 heavy (non-hydrogen) atoms. The van der Waals surface area contributed by atoms with Crippen LogP contribution in [0, 0.1) is 0 Å². The second kappa shape index (κ2) is 5.87. The quantitative estimate of drug-likeness (QED) is 0.610. The molecule has 0 saturated heterocycles. The Hall–Kier alpha value is -0.0600. The van der Waals surface area contributed by atoms with Gasteiger partial charge >= 0.3 is 5.97 Å². The maximum Gasteiger partial charge on any atom is 0.310 e. The standard InChI is InChI=1S/C10H9Br2ClO2/c1-15-10(14)3-6-2-7(5-11)9(13)4-8(6)12/h2,4H,3,5H2,1H3. The van der Waals surface area contributed by atoms with Gasteiger partial charge in [0.15, 0.2) is 0 Å². The van der Waals surface area contributed by atoms with Crippen molar-refractivity contribution in [1.82, 2.24) is 0 Å². The fourth-order valence-corrected chi connectivity index (χ4v) is 2.58. The Labute approximate surface area is 110 Å². The molecule has 0 aliphatic heterocycles. The zero-order valence-electron chi connectivity index (χ0n) is 8.02. The van der Waals surface area contributed by atoms with Gasteiger partial charge in [-0.1, -0.05) is 49.5 Å². The fraction of sp³-hybridized carbons (Fsp3) is 0.300. The van der Waals surface area contributed by atoms with Crippen molar-refractivity contribution >= 4 is 49.4 Å². The normalized spacial score (nSPS) is 10.1. The highest BCUT2D eigenvalue weighted by Gasteiger charge is 2.10. The van der Waals surface area contributed by atoms with E-state index in [1.807, 2.05) is 6.07 Å². The Bertz CT molecular complexity index is 380. The summed E-state index contributed by atoms with van der Waals surface area (Å²) >= 11 is 12.7. The molecule has 0 N–H and O–H groups in total. The first-order valence-corrected chi connectivity index (χ1v) is 6.47. The van der Waals surface area contributed by atoms with Crippen LogP contribution in [0.15, 0.2) is 16.6 Å². The Morgan fingerprint density at radius 2 is 2.13 bits per heavy atom. The lowest BCUT2D eigenvalue weighted by molar-refractivity contribution is -0.139. The highest BCUT2D eigenvalue weighted by atomic mass is 79.9. The monoisotopic (exact) mass is 354 g/mol. The van der Waals surface area contributed by atoms with Gasteiger partial charge in [-0.25, -0.2) is 0 Å². The summed E-state index contributed by atoms with van der Waals surface area (Å²) in [6, 6.07) is 3.68. The van der Waals surface area contributed by atoms with E-state index >= 15 is 0 Å². The third kappa shape index (κ3) is 3.47. The van der Waals surface area contributed by atoms with E-state index in [2.05, 4.69) is 36.6 Å². The van der Waals surface area contributed by atoms with E-state index < -0.39 is 0 Å². The lowest BCUT2D eigenvalue weighted by Gasteiger charge is -2.07. The van der Waals surface area contributed by atoms with Crippen LogP contribution < -0.4 is 0 Å². The molecule has 0 heterocycles. The molecule has 0 atom stereocenters. The van der Waals surface area contributed by atoms with Gasteiger partial charge in [-0.05, 0) is 17.2 Å². The first kappa shape index (κ1) is 13.0. The number of hydrogen-bond acceptors (Lipinski definition) is 2. The fourth-order valence-electron chi connectivity index (χ4n) is 1.11. The molecule has 0 spiro atoms. The van der Waals surface area contributed by atoms with E-state index in [0.29, 0.717) is 10.4 Å². The van der Waals surface area contributed by atoms with Gasteiger partial charge in [0.05, 0.1) is 13.5 Å². The third-order valence-corrected chi connectivity index (χ3v) is 3.62. The number of carbonyl (C=O) groups is 1. The van der Waals surface area contributed by atoms with Crippen molar-refractivity contribution < 1.29 is 9.53 Å². The Balaban J connectivity index is 3.02. The number of rotatable bonds is 3. The van der Waals surface area contributed by atoms with Crippen molar-refractivity contribution in [3.05, 3.63) is 32.8 Å². The number of alkyl halides is 1. The summed E-state index contributed by atoms with van der Waals surface area (Å²) in [4.78, 5) is 11.1. The van der Waals surface area contributed by atoms with Crippen LogP contribution in [-0.2, 0) is 21.3 Å². The number of methoxy groups -OCH3 is 1. The minimum Gasteiger partial charge on any atom is -0.469 e. The average Bonchev–Trinajstić information content (AvgIpc) is 2.21. The summed E-state index contributed by atoms with van der Waals surface area (Å²) in [6.45, 7) is 0. The van der Waals surface area contributed by atoms with Crippen molar-refractivity contribution in [2.24, 2.45) is 0 Å². The Morgan fingerprint density at radius 1 is 1.47 bits per heavy atom. The van der Waals surface area contributed by atoms with Gasteiger partial charge < -0.3 is 4.74 Å². The Kier molecular flexibility index (Phi) is 5.09. The van der Waals surface area contributed by atoms with Gasteiger partial charge in [0.25, 0.3) is 0 Å². The molecule has 2 nitrogen and oxygen atoms in total. The molecule has 0 fully saturated rings. The van der Waals surface area contributed by atoms with Crippen molar-refractivity contribution in [1.29, 1.82) is 0 Å². The molecule has 0 aliphatic carbocycles. The molecule has 0 saturated carbocycles. The zero-order chi connectivity index (χ0) is 11.4. The van der Waals surface area contributed by atoms with Gasteiger partial charge in [0, 0.05) is 14.8 Å². The van der Waals surface area contributed by atoms with Gasteiger partial charge in [-0.2, -0.15) is 0 Å². The SMILES string of the molecule is COC(=O)Cc1cc(CBr)c(Cl)cc1Br. The summed E-state index contributed by atoms with van der Waals surface area (Å²) in [5.41, 5.74) is 1.83. The van der Waals surface area contributed by atoms with Crippen LogP contribution in [0.25, 0.3) is 0 Å². The van der Waals surface area contributed by atoms with Crippen molar-refractivity contribution in [3.8, 4) is 0 Å². The van der Waals surface area contributed by atoms with E-state index in [1.54, 1.807) is 6.07 Å². The lowest BCUT2D eigenvalue weighted by Crippen LogP contribution is -2.05. The Morgan fingerprint density at radius 3 is 2.67 bits per heavy atom. The van der Waals surface area contributed by atoms with E-state index in [1.165, 1.54) is 7.11 Å². The minimum atomic E-state index is -0.265. The first-order chi connectivity index (χ1) is 7.08. The molecule has 1 aromatic carbocycles. The second-order valence-electron chi connectivity index (χ2n) is 2.92. The molecule has 0 radical (unpaired) electrons. The molecule has 0 bridgehead atoms. The molecule has 0 unspecified atom stereocenters. The van der Waals surface area contributed by atoms with Crippen molar-refractivity contribution in [2.75, 3.05) is 7.11 Å². The maximum atomic E-state index is 11.1. The molecule has 0 aliphatic rings. The maximum absolute atomic E-state index is 11.1. The molecular formula is C10H9Br2ClO2. The van der Waals surface area contributed by atoms with Crippen LogP contribution in [0.2, 0.25) is 5.02 Å². The highest BCUT2D eigenvalue weighted by Crippen LogP contribution is 2.27. The molecule has 0 aromatic heterocycles. The minimum absolute atomic E-state index is 0.244. The van der Waals surface area contributed by atoms with E-state index in [-0.39, 0.29) is 12.4 Å². The molecule has 82 valence electrons. The number of benzene rings is 1. The summed E-state index contributed by atoms with van der Waals surface area (Å²) in [5.74, 6) is -0.265. The van der Waals surface area contributed by atoms with Crippen LogP contribution in [0.1, 0.15) is 11.1 Å². The van der Waals surface area contributed by atoms with Crippen LogP contribution >= 0.6 is 43.5 Å². The summed E-state index contributed by atoms with van der Waals surface area (Å²) in [6.07, 6.45) is 0.244. The number of carbonyl (C=O) groups excluding carboxylic acids is 1. The van der Waals surface area contributed by atoms with Crippen LogP contribution in [0.5, 0.6) is 0 Å². The summed E-state index contributed by atoms with van der Waals surface area (Å²) < 4.78 is 5.43. The van der Waals surface area contributed by atoms with E-state index in [9.17, 15) is 4.79 Å². The lowest BCUT2D eigenvalue weighted by atomic mass is 10.1. The third-order valence-electron chi connectivity index (χ3n) is 1.92. The molecule has 0 amide bonds. The predicted octanol–water partition coefficient (Wildman–Crippen LogP) is 3.71. The van der Waals surface area contributed by atoms with Crippen LogP contribution in [0.3, 0.4) is 0 Å². The number of ether oxygens (including phenoxy) is 1. The average molecular weight is 356 g/mol. The van der Waals surface area contributed by atoms with Crippen LogP contribution in [-0.4, -0.2) is 13.1 Å². The predicted molar refractivity (Wildman–Crippen MR) is 67.5 cm³/mol. The van der Waals surface area contributed by atoms with Gasteiger partial charge in [0.1, 0.15) is 0 Å². The smallest absolute Gasteiger partial charge is 0.310 e. The van der Waals surface area contributed by atoms with E-state index in [0.717, 1.165) is 15.6 Å². The largest absolute Gasteiger partial charge is 0.469 e. The zero-order valence-corrected chi connectivity index (χ0v) is 11.9. The van der Waals surface area contributed by atoms with Crippen molar-refractivity contribution in [3.63, 3.8) is 0 Å². The molecule has 1 rings (SSSR count). The molecule has 1 aromatic rings. The summed E-state index contributed by atoms with van der Waals surface area (Å²) in [5, 5.41) is 1.33. The topological polar surface area (TPSA) is 26.3 Å². The molecular weight excluding hydrogens is 347 g/mol. The van der Waals surface area contributed by atoms with Gasteiger partial charge in [-0.3, -0.25) is 4.79 Å². The van der Waals surface area contributed by atoms with Gasteiger partial charge in [-0.15, -0.1) is 0 Å². The first-order valence-electron chi connectivity index (χ1n) is 4.18. The van der Waals surface area contributed by atoms with Gasteiger partial charge in [0.2, 0.25) is 0 Å². The number of halogens is 3. The number of esters is 1. The van der Waals surface area contributed by atoms with Crippen molar-refractivity contribution in [2.45, 2.75) is 11.8 Å². The highest BCUT2D eigenvalue weighted by molar-refractivity contribution is 9.10. The van der Waals surface area contributed by atoms with Crippen LogP contribution in [0.4, 0.5) is 0 Å². The second-order valence-corrected chi connectivity index (χ2v) is 4.74. The molecule has 5 heteroatoms. The van der Waals surface area contributed by atoms with E-state index in [4.69, 9.17) is 11.6 Å². The number of hydrogen-bond donors (Lipinski definition) is 0. The summed E-state index contributed by atoms with van der Waals surface area (Å²) in [7, 11) is 1.37.